The molecule has 0 atom stereocenters. The topological polar surface area (TPSA) is 89.9 Å². The van der Waals surface area contributed by atoms with Crippen molar-refractivity contribution in [1.29, 1.82) is 0 Å². The monoisotopic (exact) mass is 238 g/mol. The molecule has 0 saturated carbocycles. The molecule has 0 saturated heterocycles. The number of aromatic hydroxyl groups is 2. The van der Waals surface area contributed by atoms with Gasteiger partial charge in [0.2, 0.25) is 5.91 Å². The average molecular weight is 238 g/mol. The third-order valence-corrected chi connectivity index (χ3v) is 2.22. The molecule has 0 heterocycles. The predicted molar refractivity (Wildman–Crippen MR) is 60.8 cm³/mol. The standard InChI is InChI=1S/C11H14N2O4/c1-12-10(16)6-13(2)11(17)8-5-7(14)3-4-9(8)15/h3-5,14-15H,6H2,1-2H3,(H,12,16). The minimum atomic E-state index is -0.540. The highest BCUT2D eigenvalue weighted by atomic mass is 16.3. The van der Waals surface area contributed by atoms with E-state index in [1.54, 1.807) is 0 Å². The number of hydrogen-bond acceptors (Lipinski definition) is 4. The van der Waals surface area contributed by atoms with Crippen molar-refractivity contribution in [2.45, 2.75) is 0 Å². The van der Waals surface area contributed by atoms with Crippen LogP contribution in [0.25, 0.3) is 0 Å². The maximum atomic E-state index is 11.8. The van der Waals surface area contributed by atoms with Gasteiger partial charge in [-0.1, -0.05) is 0 Å². The second kappa shape index (κ2) is 5.20. The van der Waals surface area contributed by atoms with E-state index in [-0.39, 0.29) is 29.5 Å². The summed E-state index contributed by atoms with van der Waals surface area (Å²) in [5, 5.41) is 21.1. The second-order valence-corrected chi connectivity index (χ2v) is 3.54. The molecule has 0 spiro atoms. The molecule has 0 aliphatic rings. The van der Waals surface area contributed by atoms with Gasteiger partial charge < -0.3 is 20.4 Å². The van der Waals surface area contributed by atoms with E-state index in [9.17, 15) is 19.8 Å². The van der Waals surface area contributed by atoms with Crippen LogP contribution in [0.15, 0.2) is 18.2 Å². The first-order valence-electron chi connectivity index (χ1n) is 4.93. The van der Waals surface area contributed by atoms with Crippen molar-refractivity contribution in [1.82, 2.24) is 10.2 Å². The van der Waals surface area contributed by atoms with Gasteiger partial charge in [0.1, 0.15) is 11.5 Å². The normalized spacial score (nSPS) is 9.76. The highest BCUT2D eigenvalue weighted by Gasteiger charge is 2.18. The minimum Gasteiger partial charge on any atom is -0.508 e. The van der Waals surface area contributed by atoms with Crippen molar-refractivity contribution < 1.29 is 19.8 Å². The maximum Gasteiger partial charge on any atom is 0.257 e. The van der Waals surface area contributed by atoms with E-state index in [0.29, 0.717) is 0 Å². The first kappa shape index (κ1) is 12.8. The Hall–Kier alpha value is -2.24. The third kappa shape index (κ3) is 3.10. The molecule has 92 valence electrons. The molecule has 1 aromatic rings. The molecule has 0 radical (unpaired) electrons. The van der Waals surface area contributed by atoms with Gasteiger partial charge in [0.25, 0.3) is 5.91 Å². The van der Waals surface area contributed by atoms with E-state index in [1.165, 1.54) is 26.2 Å². The lowest BCUT2D eigenvalue weighted by Gasteiger charge is -2.16. The number of amides is 2. The van der Waals surface area contributed by atoms with Gasteiger partial charge in [-0.25, -0.2) is 0 Å². The van der Waals surface area contributed by atoms with Gasteiger partial charge in [-0.3, -0.25) is 9.59 Å². The van der Waals surface area contributed by atoms with Gasteiger partial charge in [-0.05, 0) is 18.2 Å². The Balaban J connectivity index is 2.88. The van der Waals surface area contributed by atoms with Crippen molar-refractivity contribution in [3.05, 3.63) is 23.8 Å². The Labute approximate surface area is 98.5 Å². The number of phenols is 2. The van der Waals surface area contributed by atoms with Crippen LogP contribution in [0, 0.1) is 0 Å². The summed E-state index contributed by atoms with van der Waals surface area (Å²) in [4.78, 5) is 24.1. The van der Waals surface area contributed by atoms with E-state index >= 15 is 0 Å². The summed E-state index contributed by atoms with van der Waals surface area (Å²) in [6.45, 7) is -0.121. The lowest BCUT2D eigenvalue weighted by molar-refractivity contribution is -0.121. The molecule has 6 heteroatoms. The Morgan fingerprint density at radius 1 is 1.35 bits per heavy atom. The number of carbonyl (C=O) groups excluding carboxylic acids is 2. The van der Waals surface area contributed by atoms with Crippen LogP contribution in [-0.2, 0) is 4.79 Å². The number of nitrogens with one attached hydrogen (secondary N) is 1. The Kier molecular flexibility index (Phi) is 3.92. The van der Waals surface area contributed by atoms with Gasteiger partial charge in [0, 0.05) is 14.1 Å². The third-order valence-electron chi connectivity index (χ3n) is 2.22. The van der Waals surface area contributed by atoms with E-state index in [0.717, 1.165) is 11.0 Å². The van der Waals surface area contributed by atoms with Crippen LogP contribution in [0.4, 0.5) is 0 Å². The lowest BCUT2D eigenvalue weighted by Crippen LogP contribution is -2.36. The molecule has 17 heavy (non-hydrogen) atoms. The molecule has 1 rings (SSSR count). The van der Waals surface area contributed by atoms with Gasteiger partial charge >= 0.3 is 0 Å². The van der Waals surface area contributed by atoms with Crippen molar-refractivity contribution >= 4 is 11.8 Å². The van der Waals surface area contributed by atoms with Crippen molar-refractivity contribution in [2.75, 3.05) is 20.6 Å². The number of nitrogens with zero attached hydrogens (tertiary/aromatic N) is 1. The van der Waals surface area contributed by atoms with Gasteiger partial charge in [0.15, 0.2) is 0 Å². The molecule has 2 amide bonds. The summed E-state index contributed by atoms with van der Waals surface area (Å²) in [6.07, 6.45) is 0. The number of phenolic OH excluding ortho intramolecular Hbond substituents is 2. The fourth-order valence-corrected chi connectivity index (χ4v) is 1.27. The van der Waals surface area contributed by atoms with Gasteiger partial charge in [-0.15, -0.1) is 0 Å². The number of hydrogen-bond donors (Lipinski definition) is 3. The van der Waals surface area contributed by atoms with Crippen LogP contribution in [0.2, 0.25) is 0 Å². The Morgan fingerprint density at radius 3 is 2.59 bits per heavy atom. The van der Waals surface area contributed by atoms with Crippen molar-refractivity contribution in [3.8, 4) is 11.5 Å². The summed E-state index contributed by atoms with van der Waals surface area (Å²) in [6, 6.07) is 3.64. The summed E-state index contributed by atoms with van der Waals surface area (Å²) >= 11 is 0. The van der Waals surface area contributed by atoms with Gasteiger partial charge in [0.05, 0.1) is 12.1 Å². The first-order valence-corrected chi connectivity index (χ1v) is 4.93. The Bertz CT molecular complexity index is 445. The molecule has 0 bridgehead atoms. The molecule has 0 unspecified atom stereocenters. The summed E-state index contributed by atoms with van der Waals surface area (Å²) < 4.78 is 0. The largest absolute Gasteiger partial charge is 0.508 e. The quantitative estimate of drug-likeness (QED) is 0.642. The predicted octanol–water partition coefficient (Wildman–Crippen LogP) is -0.0842. The fourth-order valence-electron chi connectivity index (χ4n) is 1.27. The average Bonchev–Trinajstić information content (AvgIpc) is 2.31. The van der Waals surface area contributed by atoms with E-state index in [1.807, 2.05) is 0 Å². The highest BCUT2D eigenvalue weighted by Crippen LogP contribution is 2.23. The number of benzene rings is 1. The molecule has 6 nitrogen and oxygen atoms in total. The van der Waals surface area contributed by atoms with Crippen molar-refractivity contribution in [3.63, 3.8) is 0 Å². The van der Waals surface area contributed by atoms with Crippen LogP contribution < -0.4 is 5.32 Å². The smallest absolute Gasteiger partial charge is 0.257 e. The van der Waals surface area contributed by atoms with E-state index in [4.69, 9.17) is 0 Å². The number of rotatable bonds is 3. The summed E-state index contributed by atoms with van der Waals surface area (Å²) in [5.74, 6) is -1.22. The minimum absolute atomic E-state index is 0.0450. The Morgan fingerprint density at radius 2 is 2.00 bits per heavy atom. The zero-order valence-corrected chi connectivity index (χ0v) is 9.60. The van der Waals surface area contributed by atoms with E-state index < -0.39 is 5.91 Å². The van der Waals surface area contributed by atoms with Crippen LogP contribution in [0.5, 0.6) is 11.5 Å². The first-order chi connectivity index (χ1) is 7.95. The molecule has 0 aliphatic heterocycles. The van der Waals surface area contributed by atoms with Crippen LogP contribution >= 0.6 is 0 Å². The zero-order valence-electron chi connectivity index (χ0n) is 9.60. The van der Waals surface area contributed by atoms with Gasteiger partial charge in [-0.2, -0.15) is 0 Å². The van der Waals surface area contributed by atoms with Crippen LogP contribution in [-0.4, -0.2) is 47.6 Å². The lowest BCUT2D eigenvalue weighted by atomic mass is 10.1. The second-order valence-electron chi connectivity index (χ2n) is 3.54. The molecule has 1 aromatic carbocycles. The molecule has 0 aliphatic carbocycles. The van der Waals surface area contributed by atoms with E-state index in [2.05, 4.69) is 5.32 Å². The SMILES string of the molecule is CNC(=O)CN(C)C(=O)c1cc(O)ccc1O. The molecular weight excluding hydrogens is 224 g/mol. The zero-order chi connectivity index (χ0) is 13.0. The molecule has 0 aromatic heterocycles. The molecule has 3 N–H and O–H groups in total. The number of likely N-dealkylation sites (N-methyl/N-ethyl adjacent to an activating group) is 2. The van der Waals surface area contributed by atoms with Crippen molar-refractivity contribution in [2.24, 2.45) is 0 Å². The fraction of sp³-hybridized carbons (Fsp3) is 0.273. The highest BCUT2D eigenvalue weighted by molar-refractivity contribution is 5.98. The van der Waals surface area contributed by atoms with Crippen LogP contribution in [0.3, 0.4) is 0 Å². The molecule has 0 fully saturated rings. The summed E-state index contributed by atoms with van der Waals surface area (Å²) in [7, 11) is 2.90. The van der Waals surface area contributed by atoms with Crippen LogP contribution in [0.1, 0.15) is 10.4 Å². The molecular formula is C11H14N2O4. The number of carbonyl (C=O) groups is 2. The maximum absolute atomic E-state index is 11.8. The summed E-state index contributed by atoms with van der Waals surface area (Å²) in [5.41, 5.74) is -0.0450.